The van der Waals surface area contributed by atoms with E-state index in [4.69, 9.17) is 0 Å². The van der Waals surface area contributed by atoms with E-state index in [1.165, 1.54) is 6.20 Å². The molecular weight excluding hydrogens is 262 g/mol. The lowest BCUT2D eigenvalue weighted by atomic mass is 10.2. The van der Waals surface area contributed by atoms with Crippen LogP contribution in [0.2, 0.25) is 0 Å². The lowest BCUT2D eigenvalue weighted by Gasteiger charge is -2.11. The molecule has 21 heavy (non-hydrogen) atoms. The number of benzene rings is 1. The quantitative estimate of drug-likeness (QED) is 0.873. The predicted molar refractivity (Wildman–Crippen MR) is 84.2 cm³/mol. The summed E-state index contributed by atoms with van der Waals surface area (Å²) in [6.07, 6.45) is 3.16. The molecule has 0 spiro atoms. The molecule has 1 N–H and O–H groups in total. The number of carbonyl (C=O) groups excluding carboxylic acids is 1. The van der Waals surface area contributed by atoms with E-state index in [1.54, 1.807) is 18.3 Å². The number of pyridine rings is 1. The van der Waals surface area contributed by atoms with Crippen LogP contribution in [0.15, 0.2) is 48.8 Å². The first-order valence-corrected chi connectivity index (χ1v) is 6.61. The lowest BCUT2D eigenvalue weighted by molar-refractivity contribution is 0.0958. The Balaban J connectivity index is 1.88. The molecule has 1 aromatic carbocycles. The Kier molecular flexibility index (Phi) is 4.94. The molecule has 4 heteroatoms. The average Bonchev–Trinajstić information content (AvgIpc) is 2.52. The maximum absolute atomic E-state index is 11.8. The second kappa shape index (κ2) is 7.11. The smallest absolute Gasteiger partial charge is 0.253 e. The summed E-state index contributed by atoms with van der Waals surface area (Å²) in [5.41, 5.74) is 2.59. The van der Waals surface area contributed by atoms with Crippen LogP contribution in [0.4, 0.5) is 5.69 Å². The molecular formula is C17H17N3O. The molecule has 0 bridgehead atoms. The van der Waals surface area contributed by atoms with E-state index >= 15 is 0 Å². The minimum atomic E-state index is -0.166. The van der Waals surface area contributed by atoms with Gasteiger partial charge in [-0.3, -0.25) is 9.78 Å². The molecule has 0 saturated heterocycles. The van der Waals surface area contributed by atoms with Gasteiger partial charge in [0, 0.05) is 37.7 Å². The van der Waals surface area contributed by atoms with Crippen LogP contribution >= 0.6 is 0 Å². The zero-order valence-electron chi connectivity index (χ0n) is 12.1. The second-order valence-electron chi connectivity index (χ2n) is 4.67. The molecule has 0 radical (unpaired) electrons. The van der Waals surface area contributed by atoms with Crippen LogP contribution < -0.4 is 10.2 Å². The number of nitrogens with zero attached hydrogens (tertiary/aromatic N) is 2. The number of aromatic nitrogens is 1. The first-order valence-electron chi connectivity index (χ1n) is 6.61. The Bertz CT molecular complexity index is 652. The van der Waals surface area contributed by atoms with Crippen LogP contribution in [-0.2, 0) is 0 Å². The fourth-order valence-corrected chi connectivity index (χ4v) is 1.71. The highest BCUT2D eigenvalue weighted by Crippen LogP contribution is 2.11. The van der Waals surface area contributed by atoms with Crippen molar-refractivity contribution in [2.75, 3.05) is 25.5 Å². The van der Waals surface area contributed by atoms with E-state index in [-0.39, 0.29) is 5.91 Å². The van der Waals surface area contributed by atoms with E-state index in [0.29, 0.717) is 12.1 Å². The number of anilines is 1. The maximum Gasteiger partial charge on any atom is 0.253 e. The highest BCUT2D eigenvalue weighted by Gasteiger charge is 2.02. The van der Waals surface area contributed by atoms with Gasteiger partial charge < -0.3 is 10.2 Å². The van der Waals surface area contributed by atoms with Crippen molar-refractivity contribution in [3.05, 3.63) is 59.9 Å². The summed E-state index contributed by atoms with van der Waals surface area (Å²) in [5.74, 6) is 5.79. The van der Waals surface area contributed by atoms with Gasteiger partial charge in [0.15, 0.2) is 0 Å². The van der Waals surface area contributed by atoms with Crippen molar-refractivity contribution in [1.29, 1.82) is 0 Å². The van der Waals surface area contributed by atoms with E-state index in [0.717, 1.165) is 11.3 Å². The first-order chi connectivity index (χ1) is 10.2. The standard InChI is InChI=1S/C17H17N3O/c1-20(2)16-9-7-14(8-10-16)5-3-12-19-17(21)15-6-4-11-18-13-15/h4,6-11,13H,12H2,1-2H3,(H,19,21). The summed E-state index contributed by atoms with van der Waals surface area (Å²) >= 11 is 0. The van der Waals surface area contributed by atoms with E-state index in [9.17, 15) is 4.79 Å². The largest absolute Gasteiger partial charge is 0.378 e. The van der Waals surface area contributed by atoms with Crippen LogP contribution in [0.3, 0.4) is 0 Å². The van der Waals surface area contributed by atoms with Crippen molar-refractivity contribution >= 4 is 11.6 Å². The monoisotopic (exact) mass is 279 g/mol. The summed E-state index contributed by atoms with van der Waals surface area (Å²) in [7, 11) is 3.99. The molecule has 4 nitrogen and oxygen atoms in total. The fourth-order valence-electron chi connectivity index (χ4n) is 1.71. The van der Waals surface area contributed by atoms with E-state index in [2.05, 4.69) is 22.1 Å². The number of carbonyl (C=O) groups is 1. The Morgan fingerprint density at radius 1 is 1.24 bits per heavy atom. The Morgan fingerprint density at radius 3 is 2.62 bits per heavy atom. The molecule has 0 saturated carbocycles. The molecule has 1 heterocycles. The molecule has 0 aliphatic heterocycles. The zero-order chi connectivity index (χ0) is 15.1. The summed E-state index contributed by atoms with van der Waals surface area (Å²) in [6, 6.07) is 11.4. The molecule has 2 aromatic rings. The molecule has 0 atom stereocenters. The van der Waals surface area contributed by atoms with Crippen LogP contribution in [0.25, 0.3) is 0 Å². The third kappa shape index (κ3) is 4.36. The molecule has 0 aliphatic carbocycles. The molecule has 0 fully saturated rings. The van der Waals surface area contributed by atoms with Gasteiger partial charge in [-0.15, -0.1) is 0 Å². The highest BCUT2D eigenvalue weighted by atomic mass is 16.1. The molecule has 0 aliphatic rings. The third-order valence-corrected chi connectivity index (χ3v) is 2.88. The molecule has 1 amide bonds. The van der Waals surface area contributed by atoms with Gasteiger partial charge in [-0.1, -0.05) is 11.8 Å². The second-order valence-corrected chi connectivity index (χ2v) is 4.67. The average molecular weight is 279 g/mol. The topological polar surface area (TPSA) is 45.2 Å². The number of hydrogen-bond donors (Lipinski definition) is 1. The zero-order valence-corrected chi connectivity index (χ0v) is 12.1. The Morgan fingerprint density at radius 2 is 2.00 bits per heavy atom. The van der Waals surface area contributed by atoms with Crippen molar-refractivity contribution in [1.82, 2.24) is 10.3 Å². The van der Waals surface area contributed by atoms with Crippen LogP contribution in [-0.4, -0.2) is 31.5 Å². The normalized spacial score (nSPS) is 9.43. The summed E-state index contributed by atoms with van der Waals surface area (Å²) in [6.45, 7) is 0.309. The van der Waals surface area contributed by atoms with Gasteiger partial charge in [0.25, 0.3) is 5.91 Å². The van der Waals surface area contributed by atoms with Gasteiger partial charge in [-0.25, -0.2) is 0 Å². The van der Waals surface area contributed by atoms with Crippen LogP contribution in [0.1, 0.15) is 15.9 Å². The molecule has 106 valence electrons. The van der Waals surface area contributed by atoms with Gasteiger partial charge in [-0.2, -0.15) is 0 Å². The summed E-state index contributed by atoms with van der Waals surface area (Å²) < 4.78 is 0. The number of hydrogen-bond acceptors (Lipinski definition) is 3. The van der Waals surface area contributed by atoms with Crippen molar-refractivity contribution in [3.63, 3.8) is 0 Å². The Hall–Kier alpha value is -2.80. The SMILES string of the molecule is CN(C)c1ccc(C#CCNC(=O)c2cccnc2)cc1. The van der Waals surface area contributed by atoms with Gasteiger partial charge in [0.1, 0.15) is 0 Å². The first kappa shape index (κ1) is 14.6. The van der Waals surface area contributed by atoms with Crippen molar-refractivity contribution in [2.24, 2.45) is 0 Å². The van der Waals surface area contributed by atoms with Crippen molar-refractivity contribution in [3.8, 4) is 11.8 Å². The predicted octanol–water partition coefficient (Wildman–Crippen LogP) is 1.93. The summed E-state index contributed by atoms with van der Waals surface area (Å²) in [4.78, 5) is 17.7. The number of nitrogens with one attached hydrogen (secondary N) is 1. The van der Waals surface area contributed by atoms with Gasteiger partial charge in [0.2, 0.25) is 0 Å². The lowest BCUT2D eigenvalue weighted by Crippen LogP contribution is -2.23. The van der Waals surface area contributed by atoms with Gasteiger partial charge >= 0.3 is 0 Å². The van der Waals surface area contributed by atoms with Crippen molar-refractivity contribution in [2.45, 2.75) is 0 Å². The minimum absolute atomic E-state index is 0.166. The number of rotatable bonds is 3. The molecule has 2 rings (SSSR count). The van der Waals surface area contributed by atoms with Gasteiger partial charge in [-0.05, 0) is 36.4 Å². The van der Waals surface area contributed by atoms with E-state index < -0.39 is 0 Å². The minimum Gasteiger partial charge on any atom is -0.378 e. The highest BCUT2D eigenvalue weighted by molar-refractivity contribution is 5.93. The summed E-state index contributed by atoms with van der Waals surface area (Å²) in [5, 5.41) is 2.74. The molecule has 0 unspecified atom stereocenters. The fraction of sp³-hybridized carbons (Fsp3) is 0.176. The van der Waals surface area contributed by atoms with Crippen LogP contribution in [0, 0.1) is 11.8 Å². The van der Waals surface area contributed by atoms with Crippen LogP contribution in [0.5, 0.6) is 0 Å². The van der Waals surface area contributed by atoms with Crippen molar-refractivity contribution < 1.29 is 4.79 Å². The third-order valence-electron chi connectivity index (χ3n) is 2.88. The van der Waals surface area contributed by atoms with Gasteiger partial charge in [0.05, 0.1) is 12.1 Å². The van der Waals surface area contributed by atoms with E-state index in [1.807, 2.05) is 43.3 Å². The molecule has 1 aromatic heterocycles. The number of amides is 1. The Labute approximate surface area is 124 Å². The maximum atomic E-state index is 11.8.